The van der Waals surface area contributed by atoms with Crippen LogP contribution in [0.5, 0.6) is 5.75 Å². The van der Waals surface area contributed by atoms with E-state index in [1.807, 2.05) is 36.4 Å². The number of aliphatic hydroxyl groups is 1. The minimum Gasteiger partial charge on any atom is -0.491 e. The van der Waals surface area contributed by atoms with Crippen molar-refractivity contribution in [2.45, 2.75) is 31.8 Å². The summed E-state index contributed by atoms with van der Waals surface area (Å²) in [6, 6.07) is 8.01. The van der Waals surface area contributed by atoms with Gasteiger partial charge in [-0.15, -0.1) is 0 Å². The Kier molecular flexibility index (Phi) is 4.78. The third kappa shape index (κ3) is 3.81. The Balaban J connectivity index is 1.29. The molecule has 0 aliphatic carbocycles. The lowest BCUT2D eigenvalue weighted by atomic mass is 9.76. The molecule has 3 saturated heterocycles. The van der Waals surface area contributed by atoms with Crippen molar-refractivity contribution in [2.24, 2.45) is 5.92 Å². The van der Waals surface area contributed by atoms with E-state index >= 15 is 0 Å². The van der Waals surface area contributed by atoms with Crippen LogP contribution in [0.4, 0.5) is 0 Å². The Bertz CT molecular complexity index is 763. The number of rotatable bonds is 6. The average molecular weight is 355 g/mol. The van der Waals surface area contributed by atoms with Crippen LogP contribution in [0.2, 0.25) is 0 Å². The van der Waals surface area contributed by atoms with Gasteiger partial charge < -0.3 is 19.3 Å². The Morgan fingerprint density at radius 3 is 2.69 bits per heavy atom. The van der Waals surface area contributed by atoms with Gasteiger partial charge >= 0.3 is 0 Å². The summed E-state index contributed by atoms with van der Waals surface area (Å²) in [7, 11) is 0. The van der Waals surface area contributed by atoms with Crippen molar-refractivity contribution < 1.29 is 14.4 Å². The lowest BCUT2D eigenvalue weighted by Crippen LogP contribution is -2.61. The molecule has 0 saturated carbocycles. The third-order valence-corrected chi connectivity index (χ3v) is 5.41. The zero-order chi connectivity index (χ0) is 18.0. The molecular formula is C20H25N3O3. The lowest BCUT2D eigenvalue weighted by molar-refractivity contribution is -0.131. The Morgan fingerprint density at radius 2 is 2.08 bits per heavy atom. The van der Waals surface area contributed by atoms with Gasteiger partial charge in [-0.3, -0.25) is 0 Å². The molecule has 26 heavy (non-hydrogen) atoms. The molecule has 3 aliphatic rings. The van der Waals surface area contributed by atoms with E-state index in [9.17, 15) is 5.11 Å². The van der Waals surface area contributed by atoms with E-state index in [1.54, 1.807) is 6.92 Å². The number of aryl methyl sites for hydroxylation is 1. The highest BCUT2D eigenvalue weighted by atomic mass is 16.5. The minimum atomic E-state index is -0.708. The summed E-state index contributed by atoms with van der Waals surface area (Å²) in [6.07, 6.45) is 6.75. The Hall–Kier alpha value is -2.18. The van der Waals surface area contributed by atoms with E-state index in [2.05, 4.69) is 15.0 Å². The molecule has 6 nitrogen and oxygen atoms in total. The number of allylic oxidation sites excluding steroid dienone is 1. The predicted molar refractivity (Wildman–Crippen MR) is 97.8 cm³/mol. The summed E-state index contributed by atoms with van der Waals surface area (Å²) < 4.78 is 11.0. The van der Waals surface area contributed by atoms with Gasteiger partial charge in [-0.1, -0.05) is 23.4 Å². The SMILES string of the molecule is Cc1noc(C=CCc2ccc(OCC3(O)CN4CCC3CC4)cc2)n1. The molecule has 0 spiro atoms. The first-order valence-electron chi connectivity index (χ1n) is 9.24. The molecule has 3 aliphatic heterocycles. The van der Waals surface area contributed by atoms with Crippen LogP contribution < -0.4 is 4.74 Å². The molecule has 0 amide bonds. The molecule has 0 radical (unpaired) electrons. The van der Waals surface area contributed by atoms with Crippen molar-refractivity contribution in [1.82, 2.24) is 15.0 Å². The van der Waals surface area contributed by atoms with Crippen LogP contribution in [0.15, 0.2) is 34.9 Å². The number of hydrogen-bond donors (Lipinski definition) is 1. The second kappa shape index (κ2) is 7.21. The van der Waals surface area contributed by atoms with Crippen LogP contribution in [-0.2, 0) is 6.42 Å². The first-order chi connectivity index (χ1) is 12.6. The molecule has 4 heterocycles. The molecule has 1 N–H and O–H groups in total. The molecule has 5 rings (SSSR count). The topological polar surface area (TPSA) is 71.6 Å². The second-order valence-corrected chi connectivity index (χ2v) is 7.37. The van der Waals surface area contributed by atoms with Crippen molar-refractivity contribution >= 4 is 6.08 Å². The highest BCUT2D eigenvalue weighted by Crippen LogP contribution is 2.36. The van der Waals surface area contributed by atoms with Gasteiger partial charge in [0.05, 0.1) is 0 Å². The van der Waals surface area contributed by atoms with E-state index < -0.39 is 5.60 Å². The monoisotopic (exact) mass is 355 g/mol. The fourth-order valence-corrected chi connectivity index (χ4v) is 3.91. The van der Waals surface area contributed by atoms with Crippen LogP contribution in [0.1, 0.15) is 30.1 Å². The first kappa shape index (κ1) is 17.2. The molecule has 138 valence electrons. The third-order valence-electron chi connectivity index (χ3n) is 5.41. The standard InChI is InChI=1S/C20H25N3O3/c1-15-21-19(26-22-15)4-2-3-16-5-7-18(8-6-16)25-14-20(24)13-23-11-9-17(20)10-12-23/h2,4-8,17,24H,3,9-14H2,1H3. The van der Waals surface area contributed by atoms with E-state index in [-0.39, 0.29) is 0 Å². The van der Waals surface area contributed by atoms with Crippen molar-refractivity contribution in [1.29, 1.82) is 0 Å². The Morgan fingerprint density at radius 1 is 1.31 bits per heavy atom. The summed E-state index contributed by atoms with van der Waals surface area (Å²) in [6.45, 7) is 5.11. The van der Waals surface area contributed by atoms with Crippen LogP contribution in [0.25, 0.3) is 6.08 Å². The maximum absolute atomic E-state index is 10.9. The van der Waals surface area contributed by atoms with Gasteiger partial charge in [-0.05, 0) is 69.0 Å². The first-order valence-corrected chi connectivity index (χ1v) is 9.24. The second-order valence-electron chi connectivity index (χ2n) is 7.37. The molecule has 1 atom stereocenters. The summed E-state index contributed by atoms with van der Waals surface area (Å²) in [5, 5.41) is 14.7. The van der Waals surface area contributed by atoms with E-state index in [0.717, 1.165) is 44.6 Å². The molecule has 3 fully saturated rings. The minimum absolute atomic E-state index is 0.365. The largest absolute Gasteiger partial charge is 0.491 e. The van der Waals surface area contributed by atoms with Crippen molar-refractivity contribution in [3.05, 3.63) is 47.6 Å². The average Bonchev–Trinajstić information content (AvgIpc) is 3.07. The Labute approximate surface area is 153 Å². The normalized spacial score (nSPS) is 27.9. The summed E-state index contributed by atoms with van der Waals surface area (Å²) in [4.78, 5) is 6.47. The highest BCUT2D eigenvalue weighted by Gasteiger charge is 2.45. The van der Waals surface area contributed by atoms with Gasteiger partial charge in [0.2, 0.25) is 5.89 Å². The predicted octanol–water partition coefficient (Wildman–Crippen LogP) is 2.47. The highest BCUT2D eigenvalue weighted by molar-refractivity contribution is 5.39. The number of ether oxygens (including phenoxy) is 1. The molecular weight excluding hydrogens is 330 g/mol. The number of piperidine rings is 3. The number of hydrogen-bond acceptors (Lipinski definition) is 6. The number of fused-ring (bicyclic) bond motifs is 3. The number of aromatic nitrogens is 2. The van der Waals surface area contributed by atoms with E-state index in [1.165, 1.54) is 5.56 Å². The van der Waals surface area contributed by atoms with Gasteiger partial charge in [0.25, 0.3) is 0 Å². The fourth-order valence-electron chi connectivity index (χ4n) is 3.91. The summed E-state index contributed by atoms with van der Waals surface area (Å²) in [5.74, 6) is 2.32. The maximum atomic E-state index is 10.9. The smallest absolute Gasteiger partial charge is 0.250 e. The fraction of sp³-hybridized carbons (Fsp3) is 0.500. The molecule has 2 aromatic rings. The summed E-state index contributed by atoms with van der Waals surface area (Å²) >= 11 is 0. The molecule has 2 bridgehead atoms. The molecule has 1 aromatic heterocycles. The molecule has 1 unspecified atom stereocenters. The lowest BCUT2D eigenvalue weighted by Gasteiger charge is -2.50. The van der Waals surface area contributed by atoms with Crippen LogP contribution in [0.3, 0.4) is 0 Å². The molecule has 1 aromatic carbocycles. The maximum Gasteiger partial charge on any atom is 0.250 e. The molecule has 6 heteroatoms. The van der Waals surface area contributed by atoms with Crippen LogP contribution >= 0.6 is 0 Å². The van der Waals surface area contributed by atoms with E-state index in [0.29, 0.717) is 24.2 Å². The van der Waals surface area contributed by atoms with Crippen LogP contribution in [-0.4, -0.2) is 52.0 Å². The van der Waals surface area contributed by atoms with Crippen molar-refractivity contribution in [3.8, 4) is 5.75 Å². The van der Waals surface area contributed by atoms with Crippen molar-refractivity contribution in [3.63, 3.8) is 0 Å². The van der Waals surface area contributed by atoms with Gasteiger partial charge in [-0.25, -0.2) is 0 Å². The van der Waals surface area contributed by atoms with E-state index in [4.69, 9.17) is 9.26 Å². The zero-order valence-electron chi connectivity index (χ0n) is 15.1. The van der Waals surface area contributed by atoms with Gasteiger partial charge in [0, 0.05) is 6.54 Å². The number of benzene rings is 1. The number of nitrogens with zero attached hydrogens (tertiary/aromatic N) is 3. The van der Waals surface area contributed by atoms with Crippen molar-refractivity contribution in [2.75, 3.05) is 26.2 Å². The quantitative estimate of drug-likeness (QED) is 0.858. The van der Waals surface area contributed by atoms with Gasteiger partial charge in [-0.2, -0.15) is 4.98 Å². The van der Waals surface area contributed by atoms with Gasteiger partial charge in [0.15, 0.2) is 5.82 Å². The summed E-state index contributed by atoms with van der Waals surface area (Å²) in [5.41, 5.74) is 0.464. The van der Waals surface area contributed by atoms with Crippen LogP contribution in [0, 0.1) is 12.8 Å². The van der Waals surface area contributed by atoms with Gasteiger partial charge in [0.1, 0.15) is 18.0 Å². The zero-order valence-corrected chi connectivity index (χ0v) is 15.1.